The minimum atomic E-state index is 0. The fourth-order valence-corrected chi connectivity index (χ4v) is 4.33. The van der Waals surface area contributed by atoms with Crippen LogP contribution in [0.4, 0.5) is 0 Å². The van der Waals surface area contributed by atoms with E-state index in [4.69, 9.17) is 0 Å². The maximum atomic E-state index is 4.30. The first kappa shape index (κ1) is 18.4. The molecule has 1 unspecified atom stereocenters. The van der Waals surface area contributed by atoms with Crippen molar-refractivity contribution in [3.63, 3.8) is 0 Å². The highest BCUT2D eigenvalue weighted by Crippen LogP contribution is 2.28. The third-order valence-corrected chi connectivity index (χ3v) is 5.70. The lowest BCUT2D eigenvalue weighted by Gasteiger charge is -2.15. The van der Waals surface area contributed by atoms with Crippen LogP contribution in [0.15, 0.2) is 4.99 Å². The van der Waals surface area contributed by atoms with Crippen molar-refractivity contribution >= 4 is 41.7 Å². The molecule has 20 heavy (non-hydrogen) atoms. The van der Waals surface area contributed by atoms with Gasteiger partial charge in [0, 0.05) is 25.4 Å². The van der Waals surface area contributed by atoms with Crippen molar-refractivity contribution in [2.75, 3.05) is 25.9 Å². The summed E-state index contributed by atoms with van der Waals surface area (Å²) in [5.41, 5.74) is 0. The van der Waals surface area contributed by atoms with Crippen molar-refractivity contribution in [2.45, 2.75) is 56.6 Å². The van der Waals surface area contributed by atoms with Gasteiger partial charge in [-0.25, -0.2) is 0 Å². The van der Waals surface area contributed by atoms with Gasteiger partial charge < -0.3 is 10.6 Å². The third kappa shape index (κ3) is 6.87. The Balaban J connectivity index is 0.00000200. The van der Waals surface area contributed by atoms with Gasteiger partial charge in [-0.2, -0.15) is 11.8 Å². The van der Waals surface area contributed by atoms with E-state index in [2.05, 4.69) is 27.4 Å². The van der Waals surface area contributed by atoms with Crippen molar-refractivity contribution in [1.29, 1.82) is 0 Å². The van der Waals surface area contributed by atoms with Gasteiger partial charge in [0.1, 0.15) is 0 Å². The summed E-state index contributed by atoms with van der Waals surface area (Å²) >= 11 is 2.09. The van der Waals surface area contributed by atoms with Gasteiger partial charge in [0.15, 0.2) is 5.96 Å². The van der Waals surface area contributed by atoms with E-state index in [1.54, 1.807) is 0 Å². The highest BCUT2D eigenvalue weighted by Gasteiger charge is 2.16. The van der Waals surface area contributed by atoms with Crippen LogP contribution in [0.3, 0.4) is 0 Å². The van der Waals surface area contributed by atoms with Crippen molar-refractivity contribution in [3.05, 3.63) is 0 Å². The SMILES string of the molecule is CN=C(NCCCC1CCCC1)NCC1CCCS1.I. The number of aliphatic imine (C=N–C) groups is 1. The standard InChI is InChI=1S/C15H29N3S.HI/c1-16-15(18-12-14-9-5-11-19-14)17-10-4-8-13-6-2-3-7-13;/h13-14H,2-12H2,1H3,(H2,16,17,18);1H. The maximum Gasteiger partial charge on any atom is 0.191 e. The molecule has 1 atom stereocenters. The number of guanidine groups is 1. The van der Waals surface area contributed by atoms with E-state index in [0.717, 1.165) is 30.2 Å². The first-order valence-electron chi connectivity index (χ1n) is 7.94. The van der Waals surface area contributed by atoms with Crippen LogP contribution < -0.4 is 10.6 Å². The van der Waals surface area contributed by atoms with E-state index in [9.17, 15) is 0 Å². The lowest BCUT2D eigenvalue weighted by atomic mass is 10.0. The summed E-state index contributed by atoms with van der Waals surface area (Å²) in [4.78, 5) is 4.30. The molecule has 3 nitrogen and oxygen atoms in total. The largest absolute Gasteiger partial charge is 0.356 e. The van der Waals surface area contributed by atoms with Crippen molar-refractivity contribution < 1.29 is 0 Å². The molecule has 1 saturated carbocycles. The molecule has 1 aliphatic carbocycles. The van der Waals surface area contributed by atoms with Gasteiger partial charge in [0.25, 0.3) is 0 Å². The van der Waals surface area contributed by atoms with Crippen molar-refractivity contribution in [2.24, 2.45) is 10.9 Å². The number of halogens is 1. The summed E-state index contributed by atoms with van der Waals surface area (Å²) in [6.45, 7) is 2.13. The summed E-state index contributed by atoms with van der Waals surface area (Å²) in [5, 5.41) is 7.69. The van der Waals surface area contributed by atoms with Gasteiger partial charge in [0.05, 0.1) is 0 Å². The molecule has 2 fully saturated rings. The van der Waals surface area contributed by atoms with E-state index >= 15 is 0 Å². The topological polar surface area (TPSA) is 36.4 Å². The number of nitrogens with zero attached hydrogens (tertiary/aromatic N) is 1. The fourth-order valence-electron chi connectivity index (χ4n) is 3.13. The van der Waals surface area contributed by atoms with E-state index < -0.39 is 0 Å². The molecule has 0 amide bonds. The number of hydrogen-bond acceptors (Lipinski definition) is 2. The third-order valence-electron chi connectivity index (χ3n) is 4.30. The van der Waals surface area contributed by atoms with Gasteiger partial charge in [0.2, 0.25) is 0 Å². The molecule has 0 spiro atoms. The molecule has 1 saturated heterocycles. The Morgan fingerprint density at radius 2 is 1.95 bits per heavy atom. The highest BCUT2D eigenvalue weighted by atomic mass is 127. The molecule has 0 bridgehead atoms. The summed E-state index contributed by atoms with van der Waals surface area (Å²) in [6, 6.07) is 0. The van der Waals surface area contributed by atoms with Gasteiger partial charge in [-0.3, -0.25) is 4.99 Å². The minimum Gasteiger partial charge on any atom is -0.356 e. The van der Waals surface area contributed by atoms with Crippen LogP contribution in [-0.4, -0.2) is 37.1 Å². The van der Waals surface area contributed by atoms with E-state index in [1.165, 1.54) is 57.1 Å². The summed E-state index contributed by atoms with van der Waals surface area (Å²) in [7, 11) is 1.87. The predicted octanol–water partition coefficient (Wildman–Crippen LogP) is 3.64. The Hall–Kier alpha value is 0.350. The lowest BCUT2D eigenvalue weighted by Crippen LogP contribution is -2.40. The van der Waals surface area contributed by atoms with E-state index in [0.29, 0.717) is 0 Å². The molecule has 5 heteroatoms. The molecular formula is C15H30IN3S. The second kappa shape index (κ2) is 11.0. The first-order valence-corrected chi connectivity index (χ1v) is 8.99. The van der Waals surface area contributed by atoms with Crippen LogP contribution in [0, 0.1) is 5.92 Å². The van der Waals surface area contributed by atoms with Crippen LogP contribution in [0.25, 0.3) is 0 Å². The number of rotatable bonds is 6. The van der Waals surface area contributed by atoms with Crippen LogP contribution in [0.5, 0.6) is 0 Å². The van der Waals surface area contributed by atoms with Crippen LogP contribution in [-0.2, 0) is 0 Å². The van der Waals surface area contributed by atoms with Crippen LogP contribution in [0.2, 0.25) is 0 Å². The molecule has 2 rings (SSSR count). The second-order valence-electron chi connectivity index (χ2n) is 5.81. The molecule has 1 heterocycles. The first-order chi connectivity index (χ1) is 9.38. The molecule has 0 aromatic carbocycles. The van der Waals surface area contributed by atoms with Gasteiger partial charge in [-0.05, 0) is 37.4 Å². The molecule has 0 aromatic rings. The molecule has 0 radical (unpaired) electrons. The number of nitrogens with one attached hydrogen (secondary N) is 2. The Morgan fingerprint density at radius 3 is 2.60 bits per heavy atom. The molecule has 2 N–H and O–H groups in total. The molecule has 0 aromatic heterocycles. The Kier molecular flexibility index (Phi) is 10.1. The zero-order valence-electron chi connectivity index (χ0n) is 12.7. The second-order valence-corrected chi connectivity index (χ2v) is 7.22. The Morgan fingerprint density at radius 1 is 1.15 bits per heavy atom. The zero-order chi connectivity index (χ0) is 13.3. The van der Waals surface area contributed by atoms with E-state index in [1.807, 2.05) is 7.05 Å². The highest BCUT2D eigenvalue weighted by molar-refractivity contribution is 14.0. The molecule has 118 valence electrons. The number of hydrogen-bond donors (Lipinski definition) is 2. The molecular weight excluding hydrogens is 381 g/mol. The minimum absolute atomic E-state index is 0. The van der Waals surface area contributed by atoms with Crippen molar-refractivity contribution in [3.8, 4) is 0 Å². The lowest BCUT2D eigenvalue weighted by molar-refractivity contribution is 0.481. The average molecular weight is 411 g/mol. The van der Waals surface area contributed by atoms with Crippen LogP contribution >= 0.6 is 35.7 Å². The summed E-state index contributed by atoms with van der Waals surface area (Å²) in [5.74, 6) is 3.32. The van der Waals surface area contributed by atoms with Crippen molar-refractivity contribution in [1.82, 2.24) is 10.6 Å². The van der Waals surface area contributed by atoms with E-state index in [-0.39, 0.29) is 24.0 Å². The molecule has 2 aliphatic rings. The van der Waals surface area contributed by atoms with Gasteiger partial charge in [-0.1, -0.05) is 25.7 Å². The Labute approximate surface area is 145 Å². The van der Waals surface area contributed by atoms with Crippen LogP contribution in [0.1, 0.15) is 51.4 Å². The predicted molar refractivity (Wildman–Crippen MR) is 101 cm³/mol. The monoisotopic (exact) mass is 411 g/mol. The summed E-state index contributed by atoms with van der Waals surface area (Å²) in [6.07, 6.45) is 11.3. The Bertz CT molecular complexity index is 274. The summed E-state index contributed by atoms with van der Waals surface area (Å²) < 4.78 is 0. The quantitative estimate of drug-likeness (QED) is 0.303. The average Bonchev–Trinajstić information content (AvgIpc) is 3.11. The fraction of sp³-hybridized carbons (Fsp3) is 0.933. The maximum absolute atomic E-state index is 4.30. The molecule has 1 aliphatic heterocycles. The van der Waals surface area contributed by atoms with Gasteiger partial charge >= 0.3 is 0 Å². The zero-order valence-corrected chi connectivity index (χ0v) is 15.8. The normalized spacial score (nSPS) is 23.6. The van der Waals surface area contributed by atoms with Gasteiger partial charge in [-0.15, -0.1) is 24.0 Å². The smallest absolute Gasteiger partial charge is 0.191 e. The number of thioether (sulfide) groups is 1.